The molecule has 1 N–H and O–H groups in total. The van der Waals surface area contributed by atoms with Crippen LogP contribution in [0.5, 0.6) is 0 Å². The second-order valence-corrected chi connectivity index (χ2v) is 6.50. The molecule has 0 saturated carbocycles. The van der Waals surface area contributed by atoms with Gasteiger partial charge in [-0.15, -0.1) is 11.3 Å². The predicted molar refractivity (Wildman–Crippen MR) is 71.3 cm³/mol. The number of hydrogen-bond acceptors (Lipinski definition) is 4. The highest BCUT2D eigenvalue weighted by Crippen LogP contribution is 2.30. The highest BCUT2D eigenvalue weighted by Gasteiger charge is 2.35. The van der Waals surface area contributed by atoms with Crippen LogP contribution in [0.25, 0.3) is 0 Å². The average Bonchev–Trinajstić information content (AvgIpc) is 2.85. The first-order valence-corrected chi connectivity index (χ1v) is 7.46. The normalized spacial score (nSPS) is 32.3. The molecule has 2 saturated heterocycles. The van der Waals surface area contributed by atoms with Gasteiger partial charge in [-0.2, -0.15) is 0 Å². The lowest BCUT2D eigenvalue weighted by atomic mass is 9.99. The van der Waals surface area contributed by atoms with Crippen molar-refractivity contribution in [3.8, 4) is 0 Å². The largest absolute Gasteiger partial charge is 0.311 e. The van der Waals surface area contributed by atoms with Gasteiger partial charge in [-0.25, -0.2) is 4.98 Å². The maximum Gasteiger partial charge on any atom is 0.107 e. The highest BCUT2D eigenvalue weighted by molar-refractivity contribution is 7.09. The summed E-state index contributed by atoms with van der Waals surface area (Å²) in [6, 6.07) is 2.30. The Balaban J connectivity index is 1.60. The molecule has 2 bridgehead atoms. The Kier molecular flexibility index (Phi) is 3.19. The first kappa shape index (κ1) is 11.6. The molecule has 2 unspecified atom stereocenters. The number of aromatic nitrogens is 1. The first-order valence-electron chi connectivity index (χ1n) is 6.58. The van der Waals surface area contributed by atoms with E-state index in [-0.39, 0.29) is 0 Å². The Morgan fingerprint density at radius 1 is 1.41 bits per heavy atom. The van der Waals surface area contributed by atoms with Gasteiger partial charge in [0, 0.05) is 29.2 Å². The van der Waals surface area contributed by atoms with E-state index in [0.717, 1.165) is 30.4 Å². The minimum Gasteiger partial charge on any atom is -0.311 e. The summed E-state index contributed by atoms with van der Waals surface area (Å²) < 4.78 is 0. The number of fused-ring (bicyclic) bond motifs is 2. The van der Waals surface area contributed by atoms with Crippen molar-refractivity contribution in [2.45, 2.75) is 57.3 Å². The van der Waals surface area contributed by atoms with Crippen LogP contribution >= 0.6 is 11.3 Å². The lowest BCUT2D eigenvalue weighted by Gasteiger charge is -2.35. The van der Waals surface area contributed by atoms with Crippen LogP contribution in [-0.4, -0.2) is 35.1 Å². The van der Waals surface area contributed by atoms with Crippen molar-refractivity contribution < 1.29 is 0 Å². The van der Waals surface area contributed by atoms with Gasteiger partial charge in [-0.3, -0.25) is 4.90 Å². The molecular formula is C13H21N3S. The van der Waals surface area contributed by atoms with E-state index in [1.807, 2.05) is 0 Å². The Labute approximate surface area is 107 Å². The van der Waals surface area contributed by atoms with Gasteiger partial charge in [0.05, 0.1) is 6.54 Å². The zero-order valence-electron chi connectivity index (χ0n) is 10.6. The molecule has 0 radical (unpaired) electrons. The van der Waals surface area contributed by atoms with Crippen molar-refractivity contribution in [1.29, 1.82) is 0 Å². The Hall–Kier alpha value is -0.450. The summed E-state index contributed by atoms with van der Waals surface area (Å²) in [5.41, 5.74) is 1.16. The lowest BCUT2D eigenvalue weighted by molar-refractivity contribution is 0.165. The molecule has 0 aliphatic carbocycles. The number of piperidine rings is 1. The molecule has 17 heavy (non-hydrogen) atoms. The van der Waals surface area contributed by atoms with Gasteiger partial charge in [0.15, 0.2) is 0 Å². The molecule has 94 valence electrons. The van der Waals surface area contributed by atoms with E-state index in [1.165, 1.54) is 30.7 Å². The van der Waals surface area contributed by atoms with Crippen molar-refractivity contribution in [2.24, 2.45) is 0 Å². The zero-order valence-corrected chi connectivity index (χ0v) is 11.5. The molecule has 3 nitrogen and oxygen atoms in total. The average molecular weight is 251 g/mol. The van der Waals surface area contributed by atoms with Gasteiger partial charge in [0.1, 0.15) is 5.01 Å². The third-order valence-corrected chi connectivity index (χ3v) is 5.07. The minimum atomic E-state index is 0.748. The quantitative estimate of drug-likeness (QED) is 0.892. The fourth-order valence-electron chi connectivity index (χ4n) is 3.20. The summed E-state index contributed by atoms with van der Waals surface area (Å²) in [7, 11) is 2.26. The fraction of sp³-hybridized carbons (Fsp3) is 0.769. The maximum atomic E-state index is 4.56. The molecule has 0 spiro atoms. The van der Waals surface area contributed by atoms with Crippen LogP contribution in [0, 0.1) is 6.92 Å². The second-order valence-electron chi connectivity index (χ2n) is 5.56. The van der Waals surface area contributed by atoms with Crippen molar-refractivity contribution in [2.75, 3.05) is 7.05 Å². The number of rotatable bonds is 3. The fourth-order valence-corrected chi connectivity index (χ4v) is 4.04. The maximum absolute atomic E-state index is 4.56. The summed E-state index contributed by atoms with van der Waals surface area (Å²) in [6.07, 6.45) is 5.39. The molecule has 2 fully saturated rings. The van der Waals surface area contributed by atoms with Crippen molar-refractivity contribution in [3.05, 3.63) is 16.1 Å². The van der Waals surface area contributed by atoms with Crippen molar-refractivity contribution in [1.82, 2.24) is 15.2 Å². The monoisotopic (exact) mass is 251 g/mol. The van der Waals surface area contributed by atoms with E-state index in [0.29, 0.717) is 0 Å². The second kappa shape index (κ2) is 4.67. The summed E-state index contributed by atoms with van der Waals surface area (Å²) in [4.78, 5) is 7.06. The van der Waals surface area contributed by atoms with Gasteiger partial charge >= 0.3 is 0 Å². The SMILES string of the molecule is Cc1csc(CN(C)C2CC3CCC(C2)N3)n1. The number of nitrogens with one attached hydrogen (secondary N) is 1. The number of hydrogen-bond donors (Lipinski definition) is 1. The van der Waals surface area contributed by atoms with Gasteiger partial charge in [-0.05, 0) is 39.7 Å². The van der Waals surface area contributed by atoms with Crippen LogP contribution in [0.1, 0.15) is 36.4 Å². The number of thiazole rings is 1. The van der Waals surface area contributed by atoms with E-state index in [2.05, 4.69) is 34.6 Å². The molecule has 2 aliphatic rings. The van der Waals surface area contributed by atoms with Crippen molar-refractivity contribution >= 4 is 11.3 Å². The predicted octanol–water partition coefficient (Wildman–Crippen LogP) is 2.17. The first-order chi connectivity index (χ1) is 8.20. The molecule has 1 aromatic rings. The van der Waals surface area contributed by atoms with Gasteiger partial charge in [0.25, 0.3) is 0 Å². The van der Waals surface area contributed by atoms with Crippen LogP contribution < -0.4 is 5.32 Å². The van der Waals surface area contributed by atoms with Crippen LogP contribution in [0.15, 0.2) is 5.38 Å². The standard InChI is InChI=1S/C13H21N3S/c1-9-8-17-13(14-9)7-16(2)12-5-10-3-4-11(6-12)15-10/h8,10-12,15H,3-7H2,1-2H3. The summed E-state index contributed by atoms with van der Waals surface area (Å²) in [5.74, 6) is 0. The van der Waals surface area contributed by atoms with Gasteiger partial charge in [-0.1, -0.05) is 0 Å². The highest BCUT2D eigenvalue weighted by atomic mass is 32.1. The van der Waals surface area contributed by atoms with E-state index >= 15 is 0 Å². The van der Waals surface area contributed by atoms with E-state index in [9.17, 15) is 0 Å². The molecule has 0 aromatic carbocycles. The zero-order chi connectivity index (χ0) is 11.8. The van der Waals surface area contributed by atoms with E-state index in [4.69, 9.17) is 0 Å². The number of nitrogens with zero attached hydrogens (tertiary/aromatic N) is 2. The molecule has 2 aliphatic heterocycles. The molecule has 3 rings (SSSR count). The Morgan fingerprint density at radius 2 is 2.12 bits per heavy atom. The lowest BCUT2D eigenvalue weighted by Crippen LogP contribution is -2.46. The van der Waals surface area contributed by atoms with Crippen LogP contribution in [0.2, 0.25) is 0 Å². The van der Waals surface area contributed by atoms with Crippen LogP contribution in [-0.2, 0) is 6.54 Å². The third-order valence-electron chi connectivity index (χ3n) is 4.12. The molecule has 2 atom stereocenters. The Morgan fingerprint density at radius 3 is 2.71 bits per heavy atom. The minimum absolute atomic E-state index is 0.748. The molecule has 0 amide bonds. The number of aryl methyl sites for hydroxylation is 1. The molecule has 1 aromatic heterocycles. The van der Waals surface area contributed by atoms with E-state index in [1.54, 1.807) is 11.3 Å². The summed E-state index contributed by atoms with van der Waals surface area (Å²) in [5, 5.41) is 7.11. The molecular weight excluding hydrogens is 230 g/mol. The summed E-state index contributed by atoms with van der Waals surface area (Å²) >= 11 is 1.79. The van der Waals surface area contributed by atoms with E-state index < -0.39 is 0 Å². The molecule has 3 heterocycles. The molecule has 4 heteroatoms. The topological polar surface area (TPSA) is 28.2 Å². The smallest absolute Gasteiger partial charge is 0.107 e. The summed E-state index contributed by atoms with van der Waals surface area (Å²) in [6.45, 7) is 3.09. The van der Waals surface area contributed by atoms with Gasteiger partial charge < -0.3 is 5.32 Å². The van der Waals surface area contributed by atoms with Crippen LogP contribution in [0.4, 0.5) is 0 Å². The van der Waals surface area contributed by atoms with Crippen LogP contribution in [0.3, 0.4) is 0 Å². The van der Waals surface area contributed by atoms with Crippen molar-refractivity contribution in [3.63, 3.8) is 0 Å². The van der Waals surface area contributed by atoms with Gasteiger partial charge in [0.2, 0.25) is 0 Å². The Bertz CT molecular complexity index is 378. The third kappa shape index (κ3) is 2.54.